The molecule has 2 aromatic heterocycles. The molecule has 5 heteroatoms. The van der Waals surface area contributed by atoms with E-state index in [2.05, 4.69) is 16.8 Å². The Balaban J connectivity index is 1.74. The van der Waals surface area contributed by atoms with Crippen LogP contribution in [0, 0.1) is 0 Å². The molecule has 23 heavy (non-hydrogen) atoms. The minimum Gasteiger partial charge on any atom is -0.376 e. The second-order valence-electron chi connectivity index (χ2n) is 6.62. The first-order chi connectivity index (χ1) is 11.4. The molecule has 1 aliphatic carbocycles. The Labute approximate surface area is 141 Å². The maximum absolute atomic E-state index is 5.85. The van der Waals surface area contributed by atoms with Crippen molar-refractivity contribution < 1.29 is 4.74 Å². The fraction of sp³-hybridized carbons (Fsp3) is 0.667. The highest BCUT2D eigenvalue weighted by Gasteiger charge is 2.24. The van der Waals surface area contributed by atoms with Gasteiger partial charge in [0.15, 0.2) is 0 Å². The zero-order chi connectivity index (χ0) is 15.6. The van der Waals surface area contributed by atoms with E-state index >= 15 is 0 Å². The molecule has 0 aromatic carbocycles. The van der Waals surface area contributed by atoms with Crippen LogP contribution < -0.4 is 4.90 Å². The van der Waals surface area contributed by atoms with Crippen molar-refractivity contribution in [1.29, 1.82) is 0 Å². The molecule has 0 spiro atoms. The zero-order valence-electron chi connectivity index (χ0n) is 13.9. The summed E-state index contributed by atoms with van der Waals surface area (Å²) in [5, 5.41) is 1.33. The summed E-state index contributed by atoms with van der Waals surface area (Å²) in [6.45, 7) is 5.05. The Bertz CT molecular complexity index is 678. The van der Waals surface area contributed by atoms with Gasteiger partial charge in [0.1, 0.15) is 17.0 Å². The first kappa shape index (κ1) is 15.3. The van der Waals surface area contributed by atoms with Gasteiger partial charge in [-0.2, -0.15) is 0 Å². The molecule has 4 nitrogen and oxygen atoms in total. The van der Waals surface area contributed by atoms with Crippen LogP contribution in [0.15, 0.2) is 6.33 Å². The van der Waals surface area contributed by atoms with Crippen molar-refractivity contribution in [2.24, 2.45) is 0 Å². The predicted molar refractivity (Wildman–Crippen MR) is 95.5 cm³/mol. The van der Waals surface area contributed by atoms with E-state index in [0.29, 0.717) is 6.10 Å². The Kier molecular flexibility index (Phi) is 4.49. The number of thiophene rings is 1. The second kappa shape index (κ2) is 6.73. The third-order valence-corrected chi connectivity index (χ3v) is 6.31. The highest BCUT2D eigenvalue weighted by molar-refractivity contribution is 7.18. The van der Waals surface area contributed by atoms with Crippen LogP contribution in [0.2, 0.25) is 0 Å². The maximum atomic E-state index is 5.85. The van der Waals surface area contributed by atoms with Crippen molar-refractivity contribution in [2.45, 2.75) is 58.0 Å². The third kappa shape index (κ3) is 2.96. The van der Waals surface area contributed by atoms with Crippen LogP contribution in [0.25, 0.3) is 10.2 Å². The van der Waals surface area contributed by atoms with E-state index in [4.69, 9.17) is 9.72 Å². The summed E-state index contributed by atoms with van der Waals surface area (Å²) >= 11 is 1.89. The molecule has 2 aliphatic rings. The number of aromatic nitrogens is 2. The van der Waals surface area contributed by atoms with Gasteiger partial charge in [-0.3, -0.25) is 0 Å². The molecule has 2 aromatic rings. The van der Waals surface area contributed by atoms with E-state index in [1.165, 1.54) is 60.7 Å². The van der Waals surface area contributed by atoms with E-state index in [0.717, 1.165) is 25.5 Å². The lowest BCUT2D eigenvalue weighted by Crippen LogP contribution is -2.32. The molecule has 1 fully saturated rings. The largest absolute Gasteiger partial charge is 0.376 e. The van der Waals surface area contributed by atoms with Gasteiger partial charge < -0.3 is 9.64 Å². The van der Waals surface area contributed by atoms with E-state index in [1.54, 1.807) is 11.2 Å². The average Bonchev–Trinajstić information content (AvgIpc) is 3.14. The first-order valence-electron chi connectivity index (χ1n) is 8.98. The smallest absolute Gasteiger partial charge is 0.141 e. The molecule has 124 valence electrons. The summed E-state index contributed by atoms with van der Waals surface area (Å²) in [5.74, 6) is 1.13. The van der Waals surface area contributed by atoms with Crippen molar-refractivity contribution in [3.63, 3.8) is 0 Å². The molecule has 0 saturated carbocycles. The molecule has 0 bridgehead atoms. The van der Waals surface area contributed by atoms with E-state index < -0.39 is 0 Å². The van der Waals surface area contributed by atoms with Crippen LogP contribution in [0.5, 0.6) is 0 Å². The van der Waals surface area contributed by atoms with Gasteiger partial charge in [0.05, 0.1) is 11.5 Å². The third-order valence-electron chi connectivity index (χ3n) is 5.11. The van der Waals surface area contributed by atoms with Crippen molar-refractivity contribution >= 4 is 27.4 Å². The van der Waals surface area contributed by atoms with Crippen LogP contribution in [0.1, 0.15) is 49.5 Å². The topological polar surface area (TPSA) is 38.2 Å². The van der Waals surface area contributed by atoms with E-state index in [-0.39, 0.29) is 0 Å². The quantitative estimate of drug-likeness (QED) is 0.795. The fourth-order valence-electron chi connectivity index (χ4n) is 3.89. The second-order valence-corrected chi connectivity index (χ2v) is 7.70. The Hall–Kier alpha value is -1.20. The summed E-state index contributed by atoms with van der Waals surface area (Å²) in [5.41, 5.74) is 1.53. The van der Waals surface area contributed by atoms with Crippen LogP contribution in [-0.2, 0) is 17.6 Å². The van der Waals surface area contributed by atoms with Gasteiger partial charge in [-0.25, -0.2) is 9.97 Å². The molecule has 0 unspecified atom stereocenters. The van der Waals surface area contributed by atoms with Crippen molar-refractivity contribution in [3.8, 4) is 0 Å². The first-order valence-corrected chi connectivity index (χ1v) is 9.80. The highest BCUT2D eigenvalue weighted by Crippen LogP contribution is 2.38. The van der Waals surface area contributed by atoms with Gasteiger partial charge in [0, 0.05) is 24.6 Å². The van der Waals surface area contributed by atoms with Crippen LogP contribution in [-0.4, -0.2) is 35.8 Å². The number of aryl methyl sites for hydroxylation is 2. The monoisotopic (exact) mass is 331 g/mol. The van der Waals surface area contributed by atoms with Gasteiger partial charge in [0.25, 0.3) is 0 Å². The zero-order valence-corrected chi connectivity index (χ0v) is 14.7. The van der Waals surface area contributed by atoms with E-state index in [9.17, 15) is 0 Å². The molecule has 1 aliphatic heterocycles. The van der Waals surface area contributed by atoms with Crippen molar-refractivity contribution in [2.75, 3.05) is 24.6 Å². The molecule has 0 N–H and O–H groups in total. The molecule has 0 radical (unpaired) electrons. The summed E-state index contributed by atoms with van der Waals surface area (Å²) in [6.07, 6.45) is 10.8. The lowest BCUT2D eigenvalue weighted by molar-refractivity contribution is 0.115. The molecule has 3 heterocycles. The molecular weight excluding hydrogens is 306 g/mol. The lowest BCUT2D eigenvalue weighted by Gasteiger charge is -2.25. The maximum Gasteiger partial charge on any atom is 0.141 e. The summed E-state index contributed by atoms with van der Waals surface area (Å²) in [7, 11) is 0. The number of likely N-dealkylation sites (N-methyl/N-ethyl adjacent to an activating group) is 1. The Morgan fingerprint density at radius 2 is 2.13 bits per heavy atom. The molecule has 0 amide bonds. The fourth-order valence-corrected chi connectivity index (χ4v) is 5.11. The van der Waals surface area contributed by atoms with Crippen LogP contribution in [0.3, 0.4) is 0 Å². The predicted octanol–water partition coefficient (Wildman–Crippen LogP) is 3.97. The number of nitrogens with zero attached hydrogens (tertiary/aromatic N) is 3. The highest BCUT2D eigenvalue weighted by atomic mass is 32.1. The standard InChI is InChI=1S/C18H25N3OS/c1-2-21(11-13-7-6-10-22-13)17-16-14-8-4-3-5-9-15(14)23-18(16)20-12-19-17/h12-13H,2-11H2,1H3/t13-/m0/s1. The summed E-state index contributed by atoms with van der Waals surface area (Å²) in [4.78, 5) is 14.4. The van der Waals surface area contributed by atoms with Gasteiger partial charge >= 0.3 is 0 Å². The van der Waals surface area contributed by atoms with Crippen LogP contribution in [0.4, 0.5) is 5.82 Å². The van der Waals surface area contributed by atoms with Crippen molar-refractivity contribution in [1.82, 2.24) is 9.97 Å². The van der Waals surface area contributed by atoms with Crippen LogP contribution >= 0.6 is 11.3 Å². The number of fused-ring (bicyclic) bond motifs is 3. The molecular formula is C18H25N3OS. The minimum atomic E-state index is 0.359. The van der Waals surface area contributed by atoms with E-state index in [1.807, 2.05) is 11.3 Å². The lowest BCUT2D eigenvalue weighted by atomic mass is 10.1. The number of rotatable bonds is 4. The van der Waals surface area contributed by atoms with Gasteiger partial charge in [-0.15, -0.1) is 11.3 Å². The van der Waals surface area contributed by atoms with Gasteiger partial charge in [-0.1, -0.05) is 6.42 Å². The molecule has 1 atom stereocenters. The Morgan fingerprint density at radius 3 is 2.96 bits per heavy atom. The van der Waals surface area contributed by atoms with Gasteiger partial charge in [-0.05, 0) is 51.0 Å². The summed E-state index contributed by atoms with van der Waals surface area (Å²) < 4.78 is 5.85. The number of anilines is 1. The summed E-state index contributed by atoms with van der Waals surface area (Å²) in [6, 6.07) is 0. The van der Waals surface area contributed by atoms with Crippen molar-refractivity contribution in [3.05, 3.63) is 16.8 Å². The number of hydrogen-bond acceptors (Lipinski definition) is 5. The Morgan fingerprint density at radius 1 is 1.22 bits per heavy atom. The molecule has 1 saturated heterocycles. The SMILES string of the molecule is CCN(C[C@@H]1CCCO1)c1ncnc2sc3c(c12)CCCCC3. The molecule has 4 rings (SSSR count). The van der Waals surface area contributed by atoms with Gasteiger partial charge in [0.2, 0.25) is 0 Å². The normalized spacial score (nSPS) is 21.3. The number of hydrogen-bond donors (Lipinski definition) is 0. The minimum absolute atomic E-state index is 0.359. The number of ether oxygens (including phenoxy) is 1. The average molecular weight is 331 g/mol.